The van der Waals surface area contributed by atoms with E-state index < -0.39 is 0 Å². The van der Waals surface area contributed by atoms with Gasteiger partial charge in [0.1, 0.15) is 6.10 Å². The van der Waals surface area contributed by atoms with Gasteiger partial charge in [-0.3, -0.25) is 9.69 Å². The second-order valence-corrected chi connectivity index (χ2v) is 7.07. The first kappa shape index (κ1) is 15.1. The van der Waals surface area contributed by atoms with Crippen molar-refractivity contribution in [1.29, 1.82) is 0 Å². The summed E-state index contributed by atoms with van der Waals surface area (Å²) in [6.45, 7) is 5.69. The number of rotatable bonds is 4. The van der Waals surface area contributed by atoms with E-state index in [4.69, 9.17) is 4.74 Å². The van der Waals surface area contributed by atoms with Gasteiger partial charge in [-0.2, -0.15) is 0 Å². The average Bonchev–Trinajstić information content (AvgIpc) is 3.33. The second-order valence-electron chi connectivity index (χ2n) is 7.07. The van der Waals surface area contributed by atoms with E-state index in [9.17, 15) is 4.79 Å². The molecule has 0 bridgehead atoms. The molecule has 23 heavy (non-hydrogen) atoms. The van der Waals surface area contributed by atoms with Crippen molar-refractivity contribution in [2.45, 2.75) is 44.4 Å². The summed E-state index contributed by atoms with van der Waals surface area (Å²) in [4.78, 5) is 21.6. The number of imidazole rings is 1. The molecule has 6 nitrogen and oxygen atoms in total. The quantitative estimate of drug-likeness (QED) is 0.830. The molecule has 1 aromatic heterocycles. The highest BCUT2D eigenvalue weighted by Crippen LogP contribution is 2.27. The van der Waals surface area contributed by atoms with Gasteiger partial charge in [0.05, 0.1) is 6.33 Å². The number of carbonyl (C=O) groups excluding carboxylic acids is 1. The monoisotopic (exact) mass is 318 g/mol. The molecule has 0 N–H and O–H groups in total. The van der Waals surface area contributed by atoms with Crippen LogP contribution in [-0.4, -0.2) is 70.2 Å². The molecule has 4 heterocycles. The standard InChI is InChI=1S/C17H26N4O2/c22-17(21-8-3-15(12-21)20-6-1-2-7-20)16-14(4-10-23-16)11-19-9-5-18-13-19/h5,9,13-16H,1-4,6-8,10-12H2/t14-,15?,16-/m1/s1. The number of hydrogen-bond acceptors (Lipinski definition) is 4. The Hall–Kier alpha value is -1.40. The van der Waals surface area contributed by atoms with Crippen LogP contribution in [-0.2, 0) is 16.1 Å². The Morgan fingerprint density at radius 3 is 2.87 bits per heavy atom. The summed E-state index contributed by atoms with van der Waals surface area (Å²) in [5.41, 5.74) is 0. The van der Waals surface area contributed by atoms with Crippen LogP contribution in [0.2, 0.25) is 0 Å². The van der Waals surface area contributed by atoms with Gasteiger partial charge in [-0.05, 0) is 38.8 Å². The molecule has 0 aromatic carbocycles. The van der Waals surface area contributed by atoms with Gasteiger partial charge >= 0.3 is 0 Å². The molecule has 0 saturated carbocycles. The van der Waals surface area contributed by atoms with Crippen molar-refractivity contribution in [3.8, 4) is 0 Å². The summed E-state index contributed by atoms with van der Waals surface area (Å²) in [5, 5.41) is 0. The number of amides is 1. The van der Waals surface area contributed by atoms with Crippen molar-refractivity contribution in [1.82, 2.24) is 19.4 Å². The molecule has 1 unspecified atom stereocenters. The zero-order valence-corrected chi connectivity index (χ0v) is 13.6. The molecule has 3 fully saturated rings. The van der Waals surface area contributed by atoms with Gasteiger partial charge < -0.3 is 14.2 Å². The summed E-state index contributed by atoms with van der Waals surface area (Å²) < 4.78 is 7.86. The van der Waals surface area contributed by atoms with Crippen LogP contribution in [0.1, 0.15) is 25.7 Å². The minimum Gasteiger partial charge on any atom is -0.368 e. The maximum Gasteiger partial charge on any atom is 0.252 e. The van der Waals surface area contributed by atoms with Gasteiger partial charge in [-0.1, -0.05) is 0 Å². The number of carbonyl (C=O) groups is 1. The van der Waals surface area contributed by atoms with Gasteiger partial charge in [-0.25, -0.2) is 4.98 Å². The molecule has 0 spiro atoms. The number of likely N-dealkylation sites (tertiary alicyclic amines) is 2. The normalized spacial score (nSPS) is 32.0. The molecule has 3 aliphatic rings. The molecule has 6 heteroatoms. The van der Waals surface area contributed by atoms with Crippen LogP contribution in [0.3, 0.4) is 0 Å². The van der Waals surface area contributed by atoms with Crippen molar-refractivity contribution in [3.63, 3.8) is 0 Å². The summed E-state index contributed by atoms with van der Waals surface area (Å²) in [6.07, 6.45) is 9.98. The molecule has 3 saturated heterocycles. The number of hydrogen-bond donors (Lipinski definition) is 0. The highest BCUT2D eigenvalue weighted by Gasteiger charge is 2.40. The fourth-order valence-corrected chi connectivity index (χ4v) is 4.29. The lowest BCUT2D eigenvalue weighted by atomic mass is 10.0. The number of nitrogens with zero attached hydrogens (tertiary/aromatic N) is 4. The summed E-state index contributed by atoms with van der Waals surface area (Å²) in [5.74, 6) is 0.469. The van der Waals surface area contributed by atoms with Crippen molar-refractivity contribution in [2.24, 2.45) is 5.92 Å². The summed E-state index contributed by atoms with van der Waals surface area (Å²) in [6, 6.07) is 0.565. The number of aromatic nitrogens is 2. The predicted octanol–water partition coefficient (Wildman–Crippen LogP) is 0.985. The third-order valence-electron chi connectivity index (χ3n) is 5.59. The molecule has 3 atom stereocenters. The highest BCUT2D eigenvalue weighted by molar-refractivity contribution is 5.81. The Bertz CT molecular complexity index is 527. The molecule has 1 amide bonds. The molecule has 0 aliphatic carbocycles. The molecular weight excluding hydrogens is 292 g/mol. The fourth-order valence-electron chi connectivity index (χ4n) is 4.29. The van der Waals surface area contributed by atoms with Crippen LogP contribution in [0.15, 0.2) is 18.7 Å². The Morgan fingerprint density at radius 1 is 1.22 bits per heavy atom. The molecule has 4 rings (SSSR count). The van der Waals surface area contributed by atoms with Crippen LogP contribution < -0.4 is 0 Å². The highest BCUT2D eigenvalue weighted by atomic mass is 16.5. The lowest BCUT2D eigenvalue weighted by molar-refractivity contribution is -0.142. The van der Waals surface area contributed by atoms with Crippen molar-refractivity contribution in [2.75, 3.05) is 32.8 Å². The van der Waals surface area contributed by atoms with Gasteiger partial charge in [0, 0.05) is 50.6 Å². The lowest BCUT2D eigenvalue weighted by Gasteiger charge is -2.26. The van der Waals surface area contributed by atoms with Crippen LogP contribution in [0, 0.1) is 5.92 Å². The fraction of sp³-hybridized carbons (Fsp3) is 0.765. The van der Waals surface area contributed by atoms with Crippen LogP contribution >= 0.6 is 0 Å². The van der Waals surface area contributed by atoms with E-state index in [-0.39, 0.29) is 17.9 Å². The zero-order valence-electron chi connectivity index (χ0n) is 13.6. The third kappa shape index (κ3) is 3.15. The second kappa shape index (κ2) is 6.61. The first-order valence-electron chi connectivity index (χ1n) is 8.91. The van der Waals surface area contributed by atoms with Gasteiger partial charge in [-0.15, -0.1) is 0 Å². The Balaban J connectivity index is 1.36. The first-order chi connectivity index (χ1) is 11.3. The average molecular weight is 318 g/mol. The topological polar surface area (TPSA) is 50.6 Å². The smallest absolute Gasteiger partial charge is 0.252 e. The van der Waals surface area contributed by atoms with Crippen molar-refractivity contribution in [3.05, 3.63) is 18.7 Å². The van der Waals surface area contributed by atoms with Crippen LogP contribution in [0.5, 0.6) is 0 Å². The van der Waals surface area contributed by atoms with Gasteiger partial charge in [0.25, 0.3) is 5.91 Å². The molecule has 126 valence electrons. The largest absolute Gasteiger partial charge is 0.368 e. The lowest BCUT2D eigenvalue weighted by Crippen LogP contribution is -2.43. The number of ether oxygens (including phenoxy) is 1. The van der Waals surface area contributed by atoms with E-state index in [1.165, 1.54) is 25.9 Å². The Morgan fingerprint density at radius 2 is 2.09 bits per heavy atom. The van der Waals surface area contributed by atoms with Gasteiger partial charge in [0.2, 0.25) is 0 Å². The SMILES string of the molecule is O=C([C@@H]1OCC[C@@H]1Cn1ccnc1)N1CCC(N2CCCC2)C1. The predicted molar refractivity (Wildman–Crippen MR) is 85.9 cm³/mol. The Labute approximate surface area is 137 Å². The maximum absolute atomic E-state index is 12.9. The molecular formula is C17H26N4O2. The van der Waals surface area contributed by atoms with E-state index >= 15 is 0 Å². The van der Waals surface area contributed by atoms with E-state index in [2.05, 4.69) is 14.5 Å². The van der Waals surface area contributed by atoms with Crippen molar-refractivity contribution < 1.29 is 9.53 Å². The maximum atomic E-state index is 12.9. The zero-order chi connectivity index (χ0) is 15.6. The summed E-state index contributed by atoms with van der Waals surface area (Å²) >= 11 is 0. The minimum atomic E-state index is -0.269. The Kier molecular flexibility index (Phi) is 4.35. The van der Waals surface area contributed by atoms with Crippen LogP contribution in [0.25, 0.3) is 0 Å². The van der Waals surface area contributed by atoms with E-state index in [0.717, 1.165) is 32.5 Å². The van der Waals surface area contributed by atoms with E-state index in [0.29, 0.717) is 12.6 Å². The first-order valence-corrected chi connectivity index (χ1v) is 8.91. The van der Waals surface area contributed by atoms with E-state index in [1.807, 2.05) is 17.4 Å². The molecule has 3 aliphatic heterocycles. The third-order valence-corrected chi connectivity index (χ3v) is 5.59. The van der Waals surface area contributed by atoms with Gasteiger partial charge in [0.15, 0.2) is 0 Å². The minimum absolute atomic E-state index is 0.203. The van der Waals surface area contributed by atoms with E-state index in [1.54, 1.807) is 6.20 Å². The molecule has 0 radical (unpaired) electrons. The van der Waals surface area contributed by atoms with Crippen molar-refractivity contribution >= 4 is 5.91 Å². The molecule has 1 aromatic rings. The summed E-state index contributed by atoms with van der Waals surface area (Å²) in [7, 11) is 0. The van der Waals surface area contributed by atoms with Crippen LogP contribution in [0.4, 0.5) is 0 Å².